The van der Waals surface area contributed by atoms with Crippen LogP contribution < -0.4 is 23.8 Å². The van der Waals surface area contributed by atoms with E-state index in [0.717, 1.165) is 16.1 Å². The SMILES string of the molecule is COc1ccc(CN(C(=O)CN(c2ccc(OC)c(OC)c2)S(C)(=O)=O)C(C)C(=O)NC(C)(C)C)cc1. The summed E-state index contributed by atoms with van der Waals surface area (Å²) >= 11 is 0. The maximum absolute atomic E-state index is 13.6. The van der Waals surface area contributed by atoms with E-state index in [9.17, 15) is 18.0 Å². The molecule has 0 bridgehead atoms. The van der Waals surface area contributed by atoms with E-state index >= 15 is 0 Å². The molecule has 0 saturated carbocycles. The van der Waals surface area contributed by atoms with Crippen molar-refractivity contribution < 1.29 is 32.2 Å². The first kappa shape index (κ1) is 29.8. The van der Waals surface area contributed by atoms with Gasteiger partial charge in [0.05, 0.1) is 33.3 Å². The number of carbonyl (C=O) groups excluding carboxylic acids is 2. The minimum Gasteiger partial charge on any atom is -0.497 e. The molecule has 0 aromatic heterocycles. The summed E-state index contributed by atoms with van der Waals surface area (Å²) in [5.41, 5.74) is 0.463. The van der Waals surface area contributed by atoms with Crippen molar-refractivity contribution in [3.63, 3.8) is 0 Å². The third-order valence-electron chi connectivity index (χ3n) is 5.51. The Balaban J connectivity index is 2.45. The minimum absolute atomic E-state index is 0.0884. The zero-order valence-corrected chi connectivity index (χ0v) is 23.5. The molecular weight excluding hydrogens is 498 g/mol. The lowest BCUT2D eigenvalue weighted by Gasteiger charge is -2.33. The number of anilines is 1. The lowest BCUT2D eigenvalue weighted by atomic mass is 10.1. The summed E-state index contributed by atoms with van der Waals surface area (Å²) in [4.78, 5) is 28.0. The average molecular weight is 536 g/mol. The third-order valence-corrected chi connectivity index (χ3v) is 6.65. The Hall–Kier alpha value is -3.47. The van der Waals surface area contributed by atoms with E-state index in [-0.39, 0.29) is 18.1 Å². The van der Waals surface area contributed by atoms with Crippen LogP contribution in [0.3, 0.4) is 0 Å². The van der Waals surface area contributed by atoms with Gasteiger partial charge in [0.25, 0.3) is 0 Å². The van der Waals surface area contributed by atoms with E-state index in [0.29, 0.717) is 17.2 Å². The van der Waals surface area contributed by atoms with Gasteiger partial charge in [-0.15, -0.1) is 0 Å². The van der Waals surface area contributed by atoms with Crippen LogP contribution >= 0.6 is 0 Å². The second-order valence-electron chi connectivity index (χ2n) is 9.59. The molecule has 1 atom stereocenters. The Morgan fingerprint density at radius 2 is 1.54 bits per heavy atom. The van der Waals surface area contributed by atoms with Gasteiger partial charge in [0.2, 0.25) is 21.8 Å². The average Bonchev–Trinajstić information content (AvgIpc) is 2.83. The van der Waals surface area contributed by atoms with Gasteiger partial charge in [-0.2, -0.15) is 0 Å². The number of sulfonamides is 1. The summed E-state index contributed by atoms with van der Waals surface area (Å²) in [7, 11) is 0.581. The highest BCUT2D eigenvalue weighted by molar-refractivity contribution is 7.92. The van der Waals surface area contributed by atoms with Gasteiger partial charge in [0.15, 0.2) is 11.5 Å². The Kier molecular flexibility index (Phi) is 9.80. The molecule has 0 aliphatic carbocycles. The van der Waals surface area contributed by atoms with E-state index in [1.807, 2.05) is 20.8 Å². The molecule has 2 amide bonds. The van der Waals surface area contributed by atoms with E-state index in [2.05, 4.69) is 5.32 Å². The molecule has 1 N–H and O–H groups in total. The highest BCUT2D eigenvalue weighted by Crippen LogP contribution is 2.32. The zero-order valence-electron chi connectivity index (χ0n) is 22.7. The molecule has 0 saturated heterocycles. The van der Waals surface area contributed by atoms with Gasteiger partial charge >= 0.3 is 0 Å². The number of amides is 2. The maximum atomic E-state index is 13.6. The summed E-state index contributed by atoms with van der Waals surface area (Å²) in [6, 6.07) is 10.8. The van der Waals surface area contributed by atoms with E-state index < -0.39 is 34.1 Å². The second kappa shape index (κ2) is 12.2. The van der Waals surface area contributed by atoms with Crippen LogP contribution in [0, 0.1) is 0 Å². The van der Waals surface area contributed by atoms with Gasteiger partial charge in [0.1, 0.15) is 18.3 Å². The maximum Gasteiger partial charge on any atom is 0.244 e. The number of ether oxygens (including phenoxy) is 3. The zero-order chi connectivity index (χ0) is 28.0. The van der Waals surface area contributed by atoms with Crippen LogP contribution in [0.1, 0.15) is 33.3 Å². The lowest BCUT2D eigenvalue weighted by Crippen LogP contribution is -2.54. The van der Waals surface area contributed by atoms with Crippen molar-refractivity contribution >= 4 is 27.5 Å². The Morgan fingerprint density at radius 3 is 2.03 bits per heavy atom. The van der Waals surface area contributed by atoms with Crippen LogP contribution in [-0.4, -0.2) is 70.8 Å². The van der Waals surface area contributed by atoms with Crippen LogP contribution in [0.4, 0.5) is 5.69 Å². The highest BCUT2D eigenvalue weighted by Gasteiger charge is 2.31. The number of hydrogen-bond acceptors (Lipinski definition) is 7. The van der Waals surface area contributed by atoms with Crippen molar-refractivity contribution in [3.05, 3.63) is 48.0 Å². The molecule has 0 heterocycles. The monoisotopic (exact) mass is 535 g/mol. The van der Waals surface area contributed by atoms with E-state index in [4.69, 9.17) is 14.2 Å². The molecule has 0 aliphatic heterocycles. The minimum atomic E-state index is -3.88. The molecule has 2 rings (SSSR count). The second-order valence-corrected chi connectivity index (χ2v) is 11.5. The fourth-order valence-corrected chi connectivity index (χ4v) is 4.42. The van der Waals surface area contributed by atoms with E-state index in [1.165, 1.54) is 31.3 Å². The Labute approximate surface area is 219 Å². The predicted octanol–water partition coefficient (Wildman–Crippen LogP) is 2.81. The number of carbonyl (C=O) groups is 2. The molecule has 37 heavy (non-hydrogen) atoms. The number of hydrogen-bond donors (Lipinski definition) is 1. The molecule has 0 spiro atoms. The van der Waals surface area contributed by atoms with Crippen LogP contribution in [0.5, 0.6) is 17.2 Å². The number of benzene rings is 2. The van der Waals surface area contributed by atoms with Crippen LogP contribution in [-0.2, 0) is 26.2 Å². The standard InChI is InChI=1S/C26H37N3O7S/c1-18(25(31)27-26(2,3)4)28(16-19-9-12-21(34-5)13-10-19)24(30)17-29(37(8,32)33)20-11-14-22(35-6)23(15-20)36-7/h9-15,18H,16-17H2,1-8H3,(H,27,31). The molecule has 0 radical (unpaired) electrons. The Morgan fingerprint density at radius 1 is 0.946 bits per heavy atom. The van der Waals surface area contributed by atoms with Crippen LogP contribution in [0.25, 0.3) is 0 Å². The molecule has 0 aliphatic rings. The fourth-order valence-electron chi connectivity index (χ4n) is 3.58. The van der Waals surface area contributed by atoms with Crippen molar-refractivity contribution in [1.29, 1.82) is 0 Å². The summed E-state index contributed by atoms with van der Waals surface area (Å²) in [5.74, 6) is 0.476. The Bertz CT molecular complexity index is 1190. The fraction of sp³-hybridized carbons (Fsp3) is 0.462. The quantitative estimate of drug-likeness (QED) is 0.471. The summed E-state index contributed by atoms with van der Waals surface area (Å²) < 4.78 is 42.2. The largest absolute Gasteiger partial charge is 0.497 e. The first-order valence-electron chi connectivity index (χ1n) is 11.6. The third kappa shape index (κ3) is 8.28. The topological polar surface area (TPSA) is 114 Å². The van der Waals surface area contributed by atoms with Crippen LogP contribution in [0.15, 0.2) is 42.5 Å². The van der Waals surface area contributed by atoms with Gasteiger partial charge in [-0.05, 0) is 57.5 Å². The van der Waals surface area contributed by atoms with Gasteiger partial charge in [-0.3, -0.25) is 13.9 Å². The number of nitrogens with one attached hydrogen (secondary N) is 1. The molecule has 204 valence electrons. The molecule has 0 fully saturated rings. The molecule has 2 aromatic rings. The van der Waals surface area contributed by atoms with Gasteiger partial charge in [-0.25, -0.2) is 8.42 Å². The number of methoxy groups -OCH3 is 3. The molecule has 1 unspecified atom stereocenters. The van der Waals surface area contributed by atoms with Gasteiger partial charge in [0, 0.05) is 18.2 Å². The van der Waals surface area contributed by atoms with Crippen molar-refractivity contribution in [2.45, 2.75) is 45.8 Å². The van der Waals surface area contributed by atoms with E-state index in [1.54, 1.807) is 44.4 Å². The number of rotatable bonds is 11. The van der Waals surface area contributed by atoms with Gasteiger partial charge < -0.3 is 24.4 Å². The van der Waals surface area contributed by atoms with Crippen LogP contribution in [0.2, 0.25) is 0 Å². The smallest absolute Gasteiger partial charge is 0.244 e. The van der Waals surface area contributed by atoms with Crippen molar-refractivity contribution in [3.8, 4) is 17.2 Å². The molecular formula is C26H37N3O7S. The van der Waals surface area contributed by atoms with Crippen molar-refractivity contribution in [1.82, 2.24) is 10.2 Å². The van der Waals surface area contributed by atoms with Crippen molar-refractivity contribution in [2.24, 2.45) is 0 Å². The van der Waals surface area contributed by atoms with Crippen molar-refractivity contribution in [2.75, 3.05) is 38.4 Å². The highest BCUT2D eigenvalue weighted by atomic mass is 32.2. The summed E-state index contributed by atoms with van der Waals surface area (Å²) in [6.07, 6.45) is 1.01. The molecule has 11 heteroatoms. The lowest BCUT2D eigenvalue weighted by molar-refractivity contribution is -0.140. The summed E-state index contributed by atoms with van der Waals surface area (Å²) in [5, 5.41) is 2.89. The first-order chi connectivity index (χ1) is 17.2. The normalized spacial score (nSPS) is 12.3. The molecule has 2 aromatic carbocycles. The first-order valence-corrected chi connectivity index (χ1v) is 13.5. The summed E-state index contributed by atoms with van der Waals surface area (Å²) in [6.45, 7) is 6.72. The number of nitrogens with zero attached hydrogens (tertiary/aromatic N) is 2. The predicted molar refractivity (Wildman–Crippen MR) is 143 cm³/mol. The van der Waals surface area contributed by atoms with Gasteiger partial charge in [-0.1, -0.05) is 12.1 Å². The molecule has 10 nitrogen and oxygen atoms in total.